The zero-order valence-corrected chi connectivity index (χ0v) is 15.9. The van der Waals surface area contributed by atoms with Crippen LogP contribution in [0.3, 0.4) is 0 Å². The lowest BCUT2D eigenvalue weighted by Crippen LogP contribution is -2.09. The summed E-state index contributed by atoms with van der Waals surface area (Å²) in [5.41, 5.74) is 2.83. The maximum Gasteiger partial charge on any atom is 0.150 e. The zero-order valence-electron chi connectivity index (χ0n) is 15.1. The molecule has 1 aromatic heterocycles. The molecule has 1 atom stereocenters. The number of nitrogens with one attached hydrogen (secondary N) is 2. The van der Waals surface area contributed by atoms with E-state index in [1.165, 1.54) is 18.2 Å². The Morgan fingerprint density at radius 1 is 1.07 bits per heavy atom. The van der Waals surface area contributed by atoms with Crippen LogP contribution in [-0.2, 0) is 11.0 Å². The number of hydrogen-bond acceptors (Lipinski definition) is 1. The van der Waals surface area contributed by atoms with Crippen molar-refractivity contribution in [2.75, 3.05) is 13.3 Å². The van der Waals surface area contributed by atoms with Crippen LogP contribution in [0.5, 0.6) is 0 Å². The minimum absolute atomic E-state index is 0.301. The second kappa shape index (κ2) is 8.27. The molecule has 1 aliphatic carbocycles. The van der Waals surface area contributed by atoms with Crippen LogP contribution in [0, 0.1) is 17.5 Å². The molecule has 2 aromatic carbocycles. The van der Waals surface area contributed by atoms with E-state index >= 15 is 0 Å². The Hall–Kier alpha value is -2.12. The number of rotatable bonds is 3. The standard InChI is InChI=1S/C18H14F3N.C2H7NOS/c19-12-6-4-11(5-7-12)17-16(10-2-1-3-10)14-8-13(20)9-15(21)18(14)22-17;1-3-5(2)4/h4-10,22H,1-3H2;3H,1-2H3. The summed E-state index contributed by atoms with van der Waals surface area (Å²) in [7, 11) is 0.826. The third-order valence-corrected chi connectivity index (χ3v) is 5.37. The predicted molar refractivity (Wildman–Crippen MR) is 103 cm³/mol. The number of H-pyrrole nitrogens is 1. The Morgan fingerprint density at radius 3 is 2.22 bits per heavy atom. The molecule has 0 radical (unpaired) electrons. The first-order valence-corrected chi connectivity index (χ1v) is 10.2. The molecule has 7 heteroatoms. The van der Waals surface area contributed by atoms with Crippen molar-refractivity contribution in [2.45, 2.75) is 25.2 Å². The number of aromatic nitrogens is 1. The van der Waals surface area contributed by atoms with Crippen molar-refractivity contribution in [3.05, 3.63) is 59.4 Å². The summed E-state index contributed by atoms with van der Waals surface area (Å²) in [6, 6.07) is 8.35. The molecule has 144 valence electrons. The van der Waals surface area contributed by atoms with Gasteiger partial charge >= 0.3 is 0 Å². The van der Waals surface area contributed by atoms with Gasteiger partial charge in [-0.1, -0.05) is 6.42 Å². The Kier molecular flexibility index (Phi) is 6.01. The summed E-state index contributed by atoms with van der Waals surface area (Å²) >= 11 is 0. The number of halogens is 3. The minimum Gasteiger partial charge on any atom is -0.352 e. The molecule has 3 nitrogen and oxygen atoms in total. The topological polar surface area (TPSA) is 44.9 Å². The van der Waals surface area contributed by atoms with Gasteiger partial charge in [0.1, 0.15) is 17.5 Å². The van der Waals surface area contributed by atoms with E-state index in [0.29, 0.717) is 16.8 Å². The normalized spacial score (nSPS) is 15.1. The number of hydrogen-bond donors (Lipinski definition) is 2. The molecule has 1 fully saturated rings. The van der Waals surface area contributed by atoms with E-state index < -0.39 is 22.6 Å². The van der Waals surface area contributed by atoms with Gasteiger partial charge in [-0.15, -0.1) is 0 Å². The Labute approximate surface area is 158 Å². The SMILES string of the molecule is CNS(C)=O.Fc1ccc(-c2[nH]c3c(F)cc(F)cc3c2C2CCC2)cc1. The van der Waals surface area contributed by atoms with E-state index in [1.54, 1.807) is 25.4 Å². The molecule has 1 aliphatic rings. The highest BCUT2D eigenvalue weighted by Gasteiger charge is 2.27. The maximum atomic E-state index is 14.1. The summed E-state index contributed by atoms with van der Waals surface area (Å²) in [4.78, 5) is 3.08. The molecule has 1 heterocycles. The molecule has 2 N–H and O–H groups in total. The van der Waals surface area contributed by atoms with Gasteiger partial charge in [0, 0.05) is 17.7 Å². The first-order chi connectivity index (χ1) is 12.9. The van der Waals surface area contributed by atoms with E-state index in [0.717, 1.165) is 42.1 Å². The van der Waals surface area contributed by atoms with Gasteiger partial charge in [0.05, 0.1) is 22.2 Å². The average molecular weight is 394 g/mol. The van der Waals surface area contributed by atoms with Crippen LogP contribution in [0.25, 0.3) is 22.2 Å². The molecule has 4 rings (SSSR count). The first-order valence-electron chi connectivity index (χ1n) is 8.68. The highest BCUT2D eigenvalue weighted by atomic mass is 32.2. The van der Waals surface area contributed by atoms with Gasteiger partial charge in [-0.25, -0.2) is 22.1 Å². The van der Waals surface area contributed by atoms with E-state index in [9.17, 15) is 17.4 Å². The molecule has 0 saturated heterocycles. The van der Waals surface area contributed by atoms with Gasteiger partial charge < -0.3 is 4.98 Å². The quantitative estimate of drug-likeness (QED) is 0.644. The monoisotopic (exact) mass is 394 g/mol. The molecule has 1 unspecified atom stereocenters. The van der Waals surface area contributed by atoms with Gasteiger partial charge in [0.15, 0.2) is 0 Å². The van der Waals surface area contributed by atoms with Gasteiger partial charge in [0.25, 0.3) is 0 Å². The van der Waals surface area contributed by atoms with Crippen molar-refractivity contribution in [3.8, 4) is 11.3 Å². The van der Waals surface area contributed by atoms with E-state index in [2.05, 4.69) is 9.71 Å². The molecule has 0 aliphatic heterocycles. The average Bonchev–Trinajstić information content (AvgIpc) is 2.94. The van der Waals surface area contributed by atoms with Crippen molar-refractivity contribution in [2.24, 2.45) is 0 Å². The molecule has 1 saturated carbocycles. The summed E-state index contributed by atoms with van der Waals surface area (Å²) in [6.07, 6.45) is 4.73. The smallest absolute Gasteiger partial charge is 0.150 e. The lowest BCUT2D eigenvalue weighted by Gasteiger charge is -2.26. The molecular formula is C20H21F3N2OS. The van der Waals surface area contributed by atoms with Crippen molar-refractivity contribution in [3.63, 3.8) is 0 Å². The van der Waals surface area contributed by atoms with Crippen LogP contribution >= 0.6 is 0 Å². The second-order valence-corrected chi connectivity index (χ2v) is 7.83. The number of benzene rings is 2. The lowest BCUT2D eigenvalue weighted by atomic mass is 9.78. The Morgan fingerprint density at radius 2 is 1.70 bits per heavy atom. The van der Waals surface area contributed by atoms with Crippen LogP contribution in [0.4, 0.5) is 13.2 Å². The summed E-state index contributed by atoms with van der Waals surface area (Å²) < 4.78 is 53.2. The highest BCUT2D eigenvalue weighted by molar-refractivity contribution is 7.82. The zero-order chi connectivity index (χ0) is 19.6. The molecule has 0 amide bonds. The largest absolute Gasteiger partial charge is 0.352 e. The van der Waals surface area contributed by atoms with E-state index in [4.69, 9.17) is 0 Å². The fraction of sp³-hybridized carbons (Fsp3) is 0.300. The molecular weight excluding hydrogens is 373 g/mol. The first kappa shape index (κ1) is 19.6. The third-order valence-electron chi connectivity index (χ3n) is 4.80. The van der Waals surface area contributed by atoms with Crippen molar-refractivity contribution >= 4 is 21.9 Å². The second-order valence-electron chi connectivity index (χ2n) is 6.52. The number of fused-ring (bicyclic) bond motifs is 1. The van der Waals surface area contributed by atoms with Crippen molar-refractivity contribution < 1.29 is 17.4 Å². The predicted octanol–water partition coefficient (Wildman–Crippen LogP) is 5.02. The maximum absolute atomic E-state index is 14.1. The van der Waals surface area contributed by atoms with Gasteiger partial charge in [0.2, 0.25) is 0 Å². The fourth-order valence-corrected chi connectivity index (χ4v) is 3.21. The van der Waals surface area contributed by atoms with Crippen LogP contribution < -0.4 is 4.72 Å². The van der Waals surface area contributed by atoms with Gasteiger partial charge in [-0.3, -0.25) is 0 Å². The summed E-state index contributed by atoms with van der Waals surface area (Å²) in [6.45, 7) is 0. The van der Waals surface area contributed by atoms with Crippen LogP contribution in [0.1, 0.15) is 30.7 Å². The summed E-state index contributed by atoms with van der Waals surface area (Å²) in [5, 5.41) is 0.599. The third kappa shape index (κ3) is 4.25. The lowest BCUT2D eigenvalue weighted by molar-refractivity contribution is 0.423. The number of aromatic amines is 1. The van der Waals surface area contributed by atoms with Gasteiger partial charge in [-0.2, -0.15) is 0 Å². The molecule has 0 bridgehead atoms. The molecule has 3 aromatic rings. The van der Waals surface area contributed by atoms with Crippen LogP contribution in [0.2, 0.25) is 0 Å². The summed E-state index contributed by atoms with van der Waals surface area (Å²) in [5.74, 6) is -1.18. The van der Waals surface area contributed by atoms with E-state index in [1.807, 2.05) is 0 Å². The minimum atomic E-state index is -0.823. The van der Waals surface area contributed by atoms with Gasteiger partial charge in [-0.05, 0) is 67.3 Å². The highest BCUT2D eigenvalue weighted by Crippen LogP contribution is 2.45. The fourth-order valence-electron chi connectivity index (χ4n) is 3.21. The van der Waals surface area contributed by atoms with Crippen LogP contribution in [-0.4, -0.2) is 22.5 Å². The Bertz CT molecular complexity index is 966. The van der Waals surface area contributed by atoms with Crippen molar-refractivity contribution in [1.82, 2.24) is 9.71 Å². The molecule has 27 heavy (non-hydrogen) atoms. The van der Waals surface area contributed by atoms with Crippen LogP contribution in [0.15, 0.2) is 36.4 Å². The van der Waals surface area contributed by atoms with E-state index in [-0.39, 0.29) is 5.82 Å². The Balaban J connectivity index is 0.000000376. The molecule has 0 spiro atoms. The van der Waals surface area contributed by atoms with Crippen molar-refractivity contribution in [1.29, 1.82) is 0 Å².